The minimum Gasteiger partial charge on any atom is -0.378 e. The Balaban J connectivity index is 1.31. The van der Waals surface area contributed by atoms with Crippen molar-refractivity contribution in [1.29, 1.82) is 0 Å². The Bertz CT molecular complexity index is 610. The highest BCUT2D eigenvalue weighted by Crippen LogP contribution is 2.20. The van der Waals surface area contributed by atoms with Crippen LogP contribution in [-0.4, -0.2) is 66.3 Å². The van der Waals surface area contributed by atoms with Gasteiger partial charge in [-0.05, 0) is 19.3 Å². The molecule has 1 aromatic heterocycles. The van der Waals surface area contributed by atoms with Crippen molar-refractivity contribution in [2.75, 3.05) is 44.3 Å². The van der Waals surface area contributed by atoms with Crippen LogP contribution in [0.2, 0.25) is 0 Å². The average molecular weight is 346 g/mol. The molecular formula is C18H26N4O3. The first kappa shape index (κ1) is 16.7. The fraction of sp³-hybridized carbons (Fsp3) is 0.722. The Morgan fingerprint density at radius 2 is 2.08 bits per heavy atom. The van der Waals surface area contributed by atoms with Gasteiger partial charge in [0.1, 0.15) is 0 Å². The molecule has 0 saturated carbocycles. The molecule has 0 N–H and O–H groups in total. The maximum atomic E-state index is 12.5. The van der Waals surface area contributed by atoms with E-state index >= 15 is 0 Å². The van der Waals surface area contributed by atoms with E-state index in [4.69, 9.17) is 14.5 Å². The molecule has 0 radical (unpaired) electrons. The largest absolute Gasteiger partial charge is 0.378 e. The van der Waals surface area contributed by atoms with Crippen LogP contribution < -0.4 is 4.90 Å². The number of piperazine rings is 1. The van der Waals surface area contributed by atoms with E-state index in [2.05, 4.69) is 9.88 Å². The van der Waals surface area contributed by atoms with E-state index in [1.165, 1.54) is 6.42 Å². The molecule has 2 saturated heterocycles. The third-order valence-electron chi connectivity index (χ3n) is 5.27. The zero-order valence-corrected chi connectivity index (χ0v) is 14.7. The van der Waals surface area contributed by atoms with Crippen molar-refractivity contribution in [3.63, 3.8) is 0 Å². The van der Waals surface area contributed by atoms with Crippen LogP contribution in [0.5, 0.6) is 0 Å². The van der Waals surface area contributed by atoms with E-state index in [1.54, 1.807) is 0 Å². The van der Waals surface area contributed by atoms with Gasteiger partial charge >= 0.3 is 0 Å². The van der Waals surface area contributed by atoms with Crippen LogP contribution in [0, 0.1) is 0 Å². The zero-order chi connectivity index (χ0) is 17.1. The molecule has 1 aromatic rings. The Morgan fingerprint density at radius 3 is 2.88 bits per heavy atom. The first-order valence-corrected chi connectivity index (χ1v) is 9.36. The van der Waals surface area contributed by atoms with E-state index < -0.39 is 0 Å². The predicted molar refractivity (Wildman–Crippen MR) is 92.4 cm³/mol. The van der Waals surface area contributed by atoms with Crippen LogP contribution in [0.15, 0.2) is 6.20 Å². The highest BCUT2D eigenvalue weighted by atomic mass is 16.5. The molecule has 1 amide bonds. The molecule has 25 heavy (non-hydrogen) atoms. The number of amides is 1. The molecule has 136 valence electrons. The highest BCUT2D eigenvalue weighted by molar-refractivity contribution is 5.77. The van der Waals surface area contributed by atoms with Gasteiger partial charge in [0, 0.05) is 51.0 Å². The molecule has 7 heteroatoms. The fourth-order valence-electron chi connectivity index (χ4n) is 3.72. The molecular weight excluding hydrogens is 320 g/mol. The van der Waals surface area contributed by atoms with Gasteiger partial charge in [0.15, 0.2) is 0 Å². The van der Waals surface area contributed by atoms with Gasteiger partial charge in [-0.2, -0.15) is 0 Å². The molecule has 0 aromatic carbocycles. The third-order valence-corrected chi connectivity index (χ3v) is 5.27. The van der Waals surface area contributed by atoms with Gasteiger partial charge in [0.05, 0.1) is 31.4 Å². The summed E-state index contributed by atoms with van der Waals surface area (Å²) in [6.45, 7) is 5.17. The Hall–Kier alpha value is -1.73. The number of anilines is 1. The summed E-state index contributed by atoms with van der Waals surface area (Å²) in [6, 6.07) is 0. The molecule has 1 atom stereocenters. The van der Waals surface area contributed by atoms with Crippen LogP contribution in [0.4, 0.5) is 5.95 Å². The third kappa shape index (κ3) is 3.93. The van der Waals surface area contributed by atoms with Crippen molar-refractivity contribution in [3.8, 4) is 0 Å². The molecule has 4 rings (SSSR count). The zero-order valence-electron chi connectivity index (χ0n) is 14.7. The Morgan fingerprint density at radius 1 is 1.20 bits per heavy atom. The number of rotatable bonds is 3. The average Bonchev–Trinajstić information content (AvgIpc) is 2.68. The quantitative estimate of drug-likeness (QED) is 0.818. The number of aromatic nitrogens is 2. The van der Waals surface area contributed by atoms with Gasteiger partial charge in [0.25, 0.3) is 0 Å². The summed E-state index contributed by atoms with van der Waals surface area (Å²) < 4.78 is 11.1. The number of hydrogen-bond acceptors (Lipinski definition) is 6. The SMILES string of the molecule is O=C(CC1CCCCO1)N1CCN(c2ncc3c(n2)CCOC3)CC1. The summed E-state index contributed by atoms with van der Waals surface area (Å²) >= 11 is 0. The molecule has 3 aliphatic heterocycles. The van der Waals surface area contributed by atoms with Crippen LogP contribution in [-0.2, 0) is 27.3 Å². The summed E-state index contributed by atoms with van der Waals surface area (Å²) in [7, 11) is 0. The molecule has 2 fully saturated rings. The second-order valence-corrected chi connectivity index (χ2v) is 7.01. The summed E-state index contributed by atoms with van der Waals surface area (Å²) in [4.78, 5) is 25.8. The van der Waals surface area contributed by atoms with Crippen molar-refractivity contribution in [1.82, 2.24) is 14.9 Å². The number of hydrogen-bond donors (Lipinski definition) is 0. The number of nitrogens with zero attached hydrogens (tertiary/aromatic N) is 4. The van der Waals surface area contributed by atoms with Crippen molar-refractivity contribution >= 4 is 11.9 Å². The van der Waals surface area contributed by atoms with Gasteiger partial charge in [-0.3, -0.25) is 4.79 Å². The molecule has 0 bridgehead atoms. The van der Waals surface area contributed by atoms with E-state index in [0.29, 0.717) is 13.0 Å². The summed E-state index contributed by atoms with van der Waals surface area (Å²) in [5, 5.41) is 0. The lowest BCUT2D eigenvalue weighted by Gasteiger charge is -2.36. The Labute approximate surface area is 148 Å². The highest BCUT2D eigenvalue weighted by Gasteiger charge is 2.26. The van der Waals surface area contributed by atoms with E-state index in [-0.39, 0.29) is 12.0 Å². The first-order valence-electron chi connectivity index (χ1n) is 9.36. The summed E-state index contributed by atoms with van der Waals surface area (Å²) in [5.74, 6) is 0.999. The van der Waals surface area contributed by atoms with Gasteiger partial charge in [-0.15, -0.1) is 0 Å². The van der Waals surface area contributed by atoms with E-state index in [1.807, 2.05) is 11.1 Å². The molecule has 4 heterocycles. The monoisotopic (exact) mass is 346 g/mol. The van der Waals surface area contributed by atoms with Crippen LogP contribution in [0.3, 0.4) is 0 Å². The van der Waals surface area contributed by atoms with Gasteiger partial charge in [-0.1, -0.05) is 0 Å². The molecule has 7 nitrogen and oxygen atoms in total. The maximum Gasteiger partial charge on any atom is 0.225 e. The minimum absolute atomic E-state index is 0.116. The smallest absolute Gasteiger partial charge is 0.225 e. The van der Waals surface area contributed by atoms with E-state index in [0.717, 1.165) is 75.9 Å². The fourth-order valence-corrected chi connectivity index (χ4v) is 3.72. The van der Waals surface area contributed by atoms with Gasteiger partial charge in [-0.25, -0.2) is 9.97 Å². The van der Waals surface area contributed by atoms with E-state index in [9.17, 15) is 4.79 Å². The predicted octanol–water partition coefficient (Wildman–Crippen LogP) is 1.16. The van der Waals surface area contributed by atoms with Gasteiger partial charge < -0.3 is 19.3 Å². The van der Waals surface area contributed by atoms with Crippen molar-refractivity contribution < 1.29 is 14.3 Å². The molecule has 1 unspecified atom stereocenters. The Kier molecular flexibility index (Phi) is 5.12. The topological polar surface area (TPSA) is 67.8 Å². The standard InChI is InChI=1S/C18H26N4O3/c23-17(11-15-3-1-2-9-25-15)21-5-7-22(8-6-21)18-19-12-14-13-24-10-4-16(14)20-18/h12,15H,1-11,13H2. The lowest BCUT2D eigenvalue weighted by Crippen LogP contribution is -2.50. The molecule has 0 aliphatic carbocycles. The van der Waals surface area contributed by atoms with Gasteiger partial charge in [0.2, 0.25) is 11.9 Å². The maximum absolute atomic E-state index is 12.5. The summed E-state index contributed by atoms with van der Waals surface area (Å²) in [6.07, 6.45) is 6.68. The summed E-state index contributed by atoms with van der Waals surface area (Å²) in [5.41, 5.74) is 2.19. The van der Waals surface area contributed by atoms with Crippen molar-refractivity contribution in [3.05, 3.63) is 17.5 Å². The normalized spacial score (nSPS) is 24.1. The van der Waals surface area contributed by atoms with Crippen molar-refractivity contribution in [2.24, 2.45) is 0 Å². The number of ether oxygens (including phenoxy) is 2. The van der Waals surface area contributed by atoms with Crippen LogP contribution in [0.25, 0.3) is 0 Å². The lowest BCUT2D eigenvalue weighted by molar-refractivity contribution is -0.135. The minimum atomic E-state index is 0.116. The number of carbonyl (C=O) groups is 1. The first-order chi connectivity index (χ1) is 12.3. The van der Waals surface area contributed by atoms with Crippen LogP contribution in [0.1, 0.15) is 36.9 Å². The lowest BCUT2D eigenvalue weighted by atomic mass is 10.1. The number of fused-ring (bicyclic) bond motifs is 1. The second kappa shape index (κ2) is 7.66. The number of carbonyl (C=O) groups excluding carboxylic acids is 1. The van der Waals surface area contributed by atoms with Crippen molar-refractivity contribution in [2.45, 2.75) is 44.8 Å². The molecule has 0 spiro atoms. The second-order valence-electron chi connectivity index (χ2n) is 7.01. The van der Waals surface area contributed by atoms with Crippen LogP contribution >= 0.6 is 0 Å². The molecule has 3 aliphatic rings.